The summed E-state index contributed by atoms with van der Waals surface area (Å²) in [5, 5.41) is 10.2. The van der Waals surface area contributed by atoms with Crippen molar-refractivity contribution in [3.05, 3.63) is 29.8 Å². The van der Waals surface area contributed by atoms with Crippen LogP contribution in [-0.2, 0) is 4.74 Å². The summed E-state index contributed by atoms with van der Waals surface area (Å²) in [6, 6.07) is 7.76. The van der Waals surface area contributed by atoms with Crippen molar-refractivity contribution in [1.29, 1.82) is 0 Å². The van der Waals surface area contributed by atoms with Crippen LogP contribution in [0.25, 0.3) is 0 Å². The highest BCUT2D eigenvalue weighted by Gasteiger charge is 2.17. The molecular weight excluding hydrogens is 240 g/mol. The Kier molecular flexibility index (Phi) is 5.67. The zero-order chi connectivity index (χ0) is 13.5. The molecule has 0 saturated carbocycles. The second-order valence-corrected chi connectivity index (χ2v) is 5.15. The van der Waals surface area contributed by atoms with E-state index < -0.39 is 6.10 Å². The van der Waals surface area contributed by atoms with Gasteiger partial charge in [-0.25, -0.2) is 0 Å². The molecule has 2 atom stereocenters. The minimum absolute atomic E-state index is 0.349. The van der Waals surface area contributed by atoms with Crippen LogP contribution in [0.5, 0.6) is 5.75 Å². The Bertz CT molecular complexity index is 355. The number of benzene rings is 1. The molecule has 0 bridgehead atoms. The summed E-state index contributed by atoms with van der Waals surface area (Å²) in [4.78, 5) is 0. The molecule has 0 spiro atoms. The average Bonchev–Trinajstić information content (AvgIpc) is 2.96. The molecular formula is C16H24O3. The zero-order valence-corrected chi connectivity index (χ0v) is 11.7. The maximum atomic E-state index is 10.2. The number of aliphatic hydroxyl groups is 1. The van der Waals surface area contributed by atoms with Crippen molar-refractivity contribution >= 4 is 0 Å². The van der Waals surface area contributed by atoms with Crippen LogP contribution in [-0.4, -0.2) is 24.4 Å². The van der Waals surface area contributed by atoms with E-state index in [9.17, 15) is 5.11 Å². The first-order valence-corrected chi connectivity index (χ1v) is 7.32. The molecule has 1 aromatic rings. The molecule has 3 heteroatoms. The average molecular weight is 264 g/mol. The zero-order valence-electron chi connectivity index (χ0n) is 11.7. The smallest absolute Gasteiger partial charge is 0.119 e. The minimum atomic E-state index is -0.399. The van der Waals surface area contributed by atoms with E-state index in [4.69, 9.17) is 9.47 Å². The van der Waals surface area contributed by atoms with Gasteiger partial charge < -0.3 is 14.6 Å². The van der Waals surface area contributed by atoms with Crippen molar-refractivity contribution in [2.45, 2.75) is 51.2 Å². The third kappa shape index (κ3) is 4.51. The van der Waals surface area contributed by atoms with Crippen LogP contribution in [0, 0.1) is 0 Å². The number of aliphatic hydroxyl groups excluding tert-OH is 1. The lowest BCUT2D eigenvalue weighted by atomic mass is 10.0. The summed E-state index contributed by atoms with van der Waals surface area (Å²) in [6.45, 7) is 3.70. The summed E-state index contributed by atoms with van der Waals surface area (Å²) in [7, 11) is 0. The van der Waals surface area contributed by atoms with Gasteiger partial charge in [-0.15, -0.1) is 0 Å². The highest BCUT2D eigenvalue weighted by atomic mass is 16.5. The van der Waals surface area contributed by atoms with Gasteiger partial charge in [0.1, 0.15) is 5.75 Å². The molecule has 1 fully saturated rings. The Labute approximate surface area is 115 Å². The Hall–Kier alpha value is -1.06. The van der Waals surface area contributed by atoms with Crippen LogP contribution in [0.15, 0.2) is 24.3 Å². The molecule has 1 heterocycles. The standard InChI is InChI=1S/C16H24O3/c1-2-11-18-15-7-5-13(6-8-15)16(17)10-9-14-4-3-12-19-14/h5-8,14,16-17H,2-4,9-12H2,1H3. The molecule has 0 aromatic heterocycles. The monoisotopic (exact) mass is 264 g/mol. The molecule has 0 radical (unpaired) electrons. The van der Waals surface area contributed by atoms with Crippen molar-refractivity contribution in [1.82, 2.24) is 0 Å². The van der Waals surface area contributed by atoms with Crippen LogP contribution >= 0.6 is 0 Å². The van der Waals surface area contributed by atoms with Gasteiger partial charge in [-0.1, -0.05) is 19.1 Å². The molecule has 0 aliphatic carbocycles. The van der Waals surface area contributed by atoms with Gasteiger partial charge in [-0.05, 0) is 49.8 Å². The number of rotatable bonds is 7. The molecule has 3 nitrogen and oxygen atoms in total. The molecule has 1 aliphatic rings. The molecule has 2 rings (SSSR count). The molecule has 1 aliphatic heterocycles. The second kappa shape index (κ2) is 7.51. The lowest BCUT2D eigenvalue weighted by Crippen LogP contribution is -2.08. The predicted molar refractivity (Wildman–Crippen MR) is 75.4 cm³/mol. The first-order chi connectivity index (χ1) is 9.29. The quantitative estimate of drug-likeness (QED) is 0.819. The normalized spacial score (nSPS) is 20.4. The van der Waals surface area contributed by atoms with Crippen molar-refractivity contribution in [3.63, 3.8) is 0 Å². The van der Waals surface area contributed by atoms with Gasteiger partial charge in [-0.2, -0.15) is 0 Å². The fourth-order valence-electron chi connectivity index (χ4n) is 2.39. The van der Waals surface area contributed by atoms with E-state index in [0.29, 0.717) is 6.10 Å². The van der Waals surface area contributed by atoms with Gasteiger partial charge in [0.15, 0.2) is 0 Å². The largest absolute Gasteiger partial charge is 0.494 e. The van der Waals surface area contributed by atoms with Crippen LogP contribution in [0.1, 0.15) is 50.7 Å². The third-order valence-electron chi connectivity index (χ3n) is 3.52. The van der Waals surface area contributed by atoms with Crippen LogP contribution in [0.2, 0.25) is 0 Å². The summed E-state index contributed by atoms with van der Waals surface area (Å²) in [5.41, 5.74) is 0.960. The van der Waals surface area contributed by atoms with Gasteiger partial charge in [0, 0.05) is 6.61 Å². The molecule has 2 unspecified atom stereocenters. The summed E-state index contributed by atoms with van der Waals surface area (Å²) in [6.07, 6.45) is 4.95. The first-order valence-electron chi connectivity index (χ1n) is 7.32. The molecule has 106 valence electrons. The summed E-state index contributed by atoms with van der Waals surface area (Å²) in [5.74, 6) is 0.872. The van der Waals surface area contributed by atoms with E-state index in [1.807, 2.05) is 24.3 Å². The Morgan fingerprint density at radius 2 is 2.16 bits per heavy atom. The fraction of sp³-hybridized carbons (Fsp3) is 0.625. The van der Waals surface area contributed by atoms with Gasteiger partial charge in [0.25, 0.3) is 0 Å². The first kappa shape index (κ1) is 14.4. The van der Waals surface area contributed by atoms with Crippen LogP contribution < -0.4 is 4.74 Å². The predicted octanol–water partition coefficient (Wildman–Crippen LogP) is 3.47. The van der Waals surface area contributed by atoms with Gasteiger partial charge in [0.2, 0.25) is 0 Å². The van der Waals surface area contributed by atoms with Crippen molar-refractivity contribution < 1.29 is 14.6 Å². The molecule has 19 heavy (non-hydrogen) atoms. The van der Waals surface area contributed by atoms with Crippen LogP contribution in [0.4, 0.5) is 0 Å². The van der Waals surface area contributed by atoms with Crippen molar-refractivity contribution in [2.24, 2.45) is 0 Å². The van der Waals surface area contributed by atoms with Gasteiger partial charge in [0.05, 0.1) is 18.8 Å². The lowest BCUT2D eigenvalue weighted by Gasteiger charge is -2.14. The van der Waals surface area contributed by atoms with Gasteiger partial charge >= 0.3 is 0 Å². The maximum Gasteiger partial charge on any atom is 0.119 e. The second-order valence-electron chi connectivity index (χ2n) is 5.15. The van der Waals surface area contributed by atoms with E-state index in [2.05, 4.69) is 6.92 Å². The summed E-state index contributed by atoms with van der Waals surface area (Å²) < 4.78 is 11.1. The van der Waals surface area contributed by atoms with E-state index in [0.717, 1.165) is 56.6 Å². The highest BCUT2D eigenvalue weighted by Crippen LogP contribution is 2.25. The molecule has 1 aromatic carbocycles. The Morgan fingerprint density at radius 3 is 2.79 bits per heavy atom. The van der Waals surface area contributed by atoms with E-state index in [1.54, 1.807) is 0 Å². The molecule has 1 saturated heterocycles. The lowest BCUT2D eigenvalue weighted by molar-refractivity contribution is 0.0812. The fourth-order valence-corrected chi connectivity index (χ4v) is 2.39. The Morgan fingerprint density at radius 1 is 1.37 bits per heavy atom. The Balaban J connectivity index is 1.79. The number of ether oxygens (including phenoxy) is 2. The maximum absolute atomic E-state index is 10.2. The van der Waals surface area contributed by atoms with Gasteiger partial charge in [-0.3, -0.25) is 0 Å². The van der Waals surface area contributed by atoms with Crippen molar-refractivity contribution in [2.75, 3.05) is 13.2 Å². The number of hydrogen-bond acceptors (Lipinski definition) is 3. The van der Waals surface area contributed by atoms with Crippen LogP contribution in [0.3, 0.4) is 0 Å². The molecule has 1 N–H and O–H groups in total. The van der Waals surface area contributed by atoms with E-state index in [1.165, 1.54) is 0 Å². The minimum Gasteiger partial charge on any atom is -0.494 e. The number of hydrogen-bond donors (Lipinski definition) is 1. The third-order valence-corrected chi connectivity index (χ3v) is 3.52. The topological polar surface area (TPSA) is 38.7 Å². The van der Waals surface area contributed by atoms with E-state index in [-0.39, 0.29) is 0 Å². The highest BCUT2D eigenvalue weighted by molar-refractivity contribution is 5.28. The SMILES string of the molecule is CCCOc1ccc(C(O)CCC2CCCO2)cc1. The summed E-state index contributed by atoms with van der Waals surface area (Å²) >= 11 is 0. The van der Waals surface area contributed by atoms with Crippen molar-refractivity contribution in [3.8, 4) is 5.75 Å². The van der Waals surface area contributed by atoms with E-state index >= 15 is 0 Å². The molecule has 0 amide bonds.